The van der Waals surface area contributed by atoms with Crippen molar-refractivity contribution in [3.05, 3.63) is 22.6 Å². The average Bonchev–Trinajstić information content (AvgIpc) is 3.20. The first-order valence-electron chi connectivity index (χ1n) is 8.44. The highest BCUT2D eigenvalue weighted by molar-refractivity contribution is 8.26. The first-order chi connectivity index (χ1) is 13.0. The van der Waals surface area contributed by atoms with Crippen LogP contribution >= 0.6 is 24.0 Å². The van der Waals surface area contributed by atoms with Gasteiger partial charge in [-0.1, -0.05) is 30.4 Å². The average molecular weight is 409 g/mol. The molecule has 0 aromatic heterocycles. The molecule has 1 fully saturated rings. The third-order valence-electron chi connectivity index (χ3n) is 4.12. The van der Waals surface area contributed by atoms with E-state index in [2.05, 4.69) is 0 Å². The number of ether oxygens (including phenoxy) is 3. The van der Waals surface area contributed by atoms with Gasteiger partial charge >= 0.3 is 5.97 Å². The predicted octanol–water partition coefficient (Wildman–Crippen LogP) is 3.27. The molecule has 1 saturated heterocycles. The van der Waals surface area contributed by atoms with Gasteiger partial charge in [0.2, 0.25) is 12.5 Å². The lowest BCUT2D eigenvalue weighted by Gasteiger charge is -2.13. The van der Waals surface area contributed by atoms with Crippen molar-refractivity contribution in [2.24, 2.45) is 0 Å². The maximum atomic E-state index is 12.6. The van der Waals surface area contributed by atoms with Gasteiger partial charge < -0.3 is 19.3 Å². The fraction of sp³-hybridized carbons (Fsp3) is 0.389. The lowest BCUT2D eigenvalue weighted by atomic mass is 10.1. The van der Waals surface area contributed by atoms with Gasteiger partial charge in [-0.25, -0.2) is 0 Å². The number of unbranched alkanes of at least 4 members (excludes halogenated alkanes) is 2. The van der Waals surface area contributed by atoms with Gasteiger partial charge in [-0.05, 0) is 36.6 Å². The zero-order chi connectivity index (χ0) is 19.4. The monoisotopic (exact) mass is 409 g/mol. The number of nitrogens with zero attached hydrogens (tertiary/aromatic N) is 1. The molecule has 0 spiro atoms. The van der Waals surface area contributed by atoms with Gasteiger partial charge in [-0.15, -0.1) is 0 Å². The van der Waals surface area contributed by atoms with Crippen molar-refractivity contribution in [3.8, 4) is 17.2 Å². The van der Waals surface area contributed by atoms with E-state index in [0.29, 0.717) is 45.9 Å². The number of thiocarbonyl (C=S) groups is 1. The van der Waals surface area contributed by atoms with Crippen LogP contribution in [0, 0.1) is 0 Å². The van der Waals surface area contributed by atoms with E-state index in [1.807, 2.05) is 0 Å². The molecular weight excluding hydrogens is 390 g/mol. The minimum atomic E-state index is -0.803. The molecule has 144 valence electrons. The fourth-order valence-corrected chi connectivity index (χ4v) is 4.11. The summed E-state index contributed by atoms with van der Waals surface area (Å²) in [5.74, 6) is 0.741. The molecule has 1 amide bonds. The summed E-state index contributed by atoms with van der Waals surface area (Å²) in [4.78, 5) is 25.3. The highest BCUT2D eigenvalue weighted by Gasteiger charge is 2.31. The first-order valence-corrected chi connectivity index (χ1v) is 9.67. The summed E-state index contributed by atoms with van der Waals surface area (Å²) in [6.45, 7) is 0.630. The van der Waals surface area contributed by atoms with Gasteiger partial charge in [0, 0.05) is 13.0 Å². The van der Waals surface area contributed by atoms with Crippen LogP contribution in [0.15, 0.2) is 17.0 Å². The van der Waals surface area contributed by atoms with E-state index in [9.17, 15) is 9.59 Å². The number of aliphatic carboxylic acids is 1. The quantitative estimate of drug-likeness (QED) is 0.398. The van der Waals surface area contributed by atoms with Crippen molar-refractivity contribution < 1.29 is 28.9 Å². The Bertz CT molecular complexity index is 807. The molecule has 0 aliphatic carbocycles. The van der Waals surface area contributed by atoms with E-state index in [-0.39, 0.29) is 19.1 Å². The Morgan fingerprint density at radius 1 is 1.37 bits per heavy atom. The molecule has 3 rings (SSSR count). The number of thioether (sulfide) groups is 1. The van der Waals surface area contributed by atoms with Crippen LogP contribution in [0.25, 0.3) is 6.08 Å². The summed E-state index contributed by atoms with van der Waals surface area (Å²) in [6, 6.07) is 3.58. The molecular formula is C18H19NO6S2. The Labute approximate surface area is 166 Å². The second-order valence-corrected chi connectivity index (χ2v) is 7.67. The molecule has 0 atom stereocenters. The van der Waals surface area contributed by atoms with E-state index in [1.165, 1.54) is 11.8 Å². The lowest BCUT2D eigenvalue weighted by Crippen LogP contribution is -2.29. The zero-order valence-corrected chi connectivity index (χ0v) is 16.4. The number of carbonyl (C=O) groups is 2. The molecule has 9 heteroatoms. The number of carboxylic acids is 1. The Hall–Kier alpha value is -2.26. The second-order valence-electron chi connectivity index (χ2n) is 5.99. The number of methoxy groups -OCH3 is 1. The predicted molar refractivity (Wildman–Crippen MR) is 105 cm³/mol. The SMILES string of the molecule is COc1cc(/C=C2\SC(=S)N(CCCCCC(=O)O)C2=O)cc2c1OCO2. The molecule has 1 N–H and O–H groups in total. The number of hydrogen-bond acceptors (Lipinski definition) is 7. The molecule has 1 aromatic rings. The van der Waals surface area contributed by atoms with E-state index < -0.39 is 5.97 Å². The number of benzene rings is 1. The molecule has 7 nitrogen and oxygen atoms in total. The topological polar surface area (TPSA) is 85.3 Å². The fourth-order valence-electron chi connectivity index (χ4n) is 2.80. The Morgan fingerprint density at radius 2 is 2.19 bits per heavy atom. The van der Waals surface area contributed by atoms with Crippen LogP contribution in [0.4, 0.5) is 0 Å². The van der Waals surface area contributed by atoms with Crippen LogP contribution in [0.3, 0.4) is 0 Å². The largest absolute Gasteiger partial charge is 0.493 e. The Balaban J connectivity index is 1.67. The van der Waals surface area contributed by atoms with Gasteiger partial charge in [0.05, 0.1) is 12.0 Å². The van der Waals surface area contributed by atoms with Gasteiger partial charge in [0.1, 0.15) is 4.32 Å². The highest BCUT2D eigenvalue weighted by atomic mass is 32.2. The van der Waals surface area contributed by atoms with E-state index in [1.54, 1.807) is 30.2 Å². The summed E-state index contributed by atoms with van der Waals surface area (Å²) >= 11 is 6.58. The van der Waals surface area contributed by atoms with Gasteiger partial charge in [0.15, 0.2) is 11.5 Å². The van der Waals surface area contributed by atoms with Crippen LogP contribution in [-0.4, -0.2) is 46.7 Å². The van der Waals surface area contributed by atoms with Crippen molar-refractivity contribution in [2.45, 2.75) is 25.7 Å². The number of fused-ring (bicyclic) bond motifs is 1. The summed E-state index contributed by atoms with van der Waals surface area (Å²) in [5.41, 5.74) is 0.762. The minimum Gasteiger partial charge on any atom is -0.493 e. The van der Waals surface area contributed by atoms with Gasteiger partial charge in [-0.2, -0.15) is 0 Å². The normalized spacial score (nSPS) is 17.1. The van der Waals surface area contributed by atoms with Crippen molar-refractivity contribution >= 4 is 46.3 Å². The molecule has 0 bridgehead atoms. The van der Waals surface area contributed by atoms with E-state index in [0.717, 1.165) is 12.0 Å². The second kappa shape index (κ2) is 8.62. The van der Waals surface area contributed by atoms with E-state index >= 15 is 0 Å². The lowest BCUT2D eigenvalue weighted by molar-refractivity contribution is -0.137. The number of carbonyl (C=O) groups excluding carboxylic acids is 1. The number of hydrogen-bond donors (Lipinski definition) is 1. The van der Waals surface area contributed by atoms with Gasteiger partial charge in [0.25, 0.3) is 5.91 Å². The third-order valence-corrected chi connectivity index (χ3v) is 5.50. The highest BCUT2D eigenvalue weighted by Crippen LogP contribution is 2.43. The first kappa shape index (κ1) is 19.5. The minimum absolute atomic E-state index is 0.138. The Kier molecular flexibility index (Phi) is 6.22. The number of amides is 1. The van der Waals surface area contributed by atoms with Crippen LogP contribution in [0.2, 0.25) is 0 Å². The maximum Gasteiger partial charge on any atom is 0.303 e. The molecule has 0 radical (unpaired) electrons. The number of rotatable bonds is 8. The molecule has 2 aliphatic heterocycles. The standard InChI is InChI=1S/C18H19NO6S2/c1-23-12-7-11(8-13-16(12)25-10-24-13)9-14-17(22)19(18(26)27-14)6-4-2-3-5-15(20)21/h7-9H,2-6,10H2,1H3,(H,20,21)/b14-9-. The summed E-state index contributed by atoms with van der Waals surface area (Å²) in [6.07, 6.45) is 3.95. The number of carboxylic acid groups (broad SMARTS) is 1. The summed E-state index contributed by atoms with van der Waals surface area (Å²) < 4.78 is 16.6. The molecule has 0 unspecified atom stereocenters. The molecule has 2 heterocycles. The van der Waals surface area contributed by atoms with Crippen molar-refractivity contribution in [3.63, 3.8) is 0 Å². The van der Waals surface area contributed by atoms with E-state index in [4.69, 9.17) is 31.5 Å². The van der Waals surface area contributed by atoms with Gasteiger partial charge in [-0.3, -0.25) is 14.5 Å². The third kappa shape index (κ3) is 4.54. The van der Waals surface area contributed by atoms with Crippen molar-refractivity contribution in [1.82, 2.24) is 4.90 Å². The summed E-state index contributed by atoms with van der Waals surface area (Å²) in [5, 5.41) is 8.66. The van der Waals surface area contributed by atoms with Crippen molar-refractivity contribution in [1.29, 1.82) is 0 Å². The van der Waals surface area contributed by atoms with Crippen LogP contribution in [0.1, 0.15) is 31.2 Å². The van der Waals surface area contributed by atoms with Crippen LogP contribution in [-0.2, 0) is 9.59 Å². The molecule has 2 aliphatic rings. The molecule has 27 heavy (non-hydrogen) atoms. The van der Waals surface area contributed by atoms with Crippen LogP contribution in [0.5, 0.6) is 17.2 Å². The molecule has 1 aromatic carbocycles. The molecule has 0 saturated carbocycles. The van der Waals surface area contributed by atoms with Crippen LogP contribution < -0.4 is 14.2 Å². The zero-order valence-electron chi connectivity index (χ0n) is 14.7. The maximum absolute atomic E-state index is 12.6. The summed E-state index contributed by atoms with van der Waals surface area (Å²) in [7, 11) is 1.55. The smallest absolute Gasteiger partial charge is 0.303 e. The van der Waals surface area contributed by atoms with Crippen molar-refractivity contribution in [2.75, 3.05) is 20.4 Å². The Morgan fingerprint density at radius 3 is 2.93 bits per heavy atom.